The van der Waals surface area contributed by atoms with E-state index in [4.69, 9.17) is 0 Å². The van der Waals surface area contributed by atoms with E-state index in [1.807, 2.05) is 37.3 Å². The molecule has 0 radical (unpaired) electrons. The van der Waals surface area contributed by atoms with Crippen LogP contribution in [0.5, 0.6) is 0 Å². The van der Waals surface area contributed by atoms with Gasteiger partial charge in [0.05, 0.1) is 7.11 Å². The zero-order valence-electron chi connectivity index (χ0n) is 11.1. The van der Waals surface area contributed by atoms with Crippen molar-refractivity contribution in [2.75, 3.05) is 7.11 Å². The van der Waals surface area contributed by atoms with Crippen molar-refractivity contribution in [3.63, 3.8) is 0 Å². The number of carbonyl (C=O) groups excluding carboxylic acids is 1. The molecule has 0 N–H and O–H groups in total. The highest BCUT2D eigenvalue weighted by molar-refractivity contribution is 5.90. The molecule has 0 spiro atoms. The Morgan fingerprint density at radius 1 is 0.947 bits per heavy atom. The molecule has 0 unspecified atom stereocenters. The van der Waals surface area contributed by atoms with Crippen LogP contribution in [0, 0.1) is 0 Å². The average Bonchev–Trinajstić information content (AvgIpc) is 2.48. The number of methoxy groups -OCH3 is 1. The van der Waals surface area contributed by atoms with E-state index in [1.165, 1.54) is 18.7 Å². The number of esters is 1. The summed E-state index contributed by atoms with van der Waals surface area (Å²) in [5.41, 5.74) is 4.26. The molecular weight excluding hydrogens is 236 g/mol. The molecule has 0 heterocycles. The van der Waals surface area contributed by atoms with Crippen molar-refractivity contribution in [1.82, 2.24) is 0 Å². The second-order valence-electron chi connectivity index (χ2n) is 4.29. The maximum absolute atomic E-state index is 11.2. The Kier molecular flexibility index (Phi) is 4.14. The van der Waals surface area contributed by atoms with E-state index in [2.05, 4.69) is 29.0 Å². The minimum atomic E-state index is -0.329. The van der Waals surface area contributed by atoms with Crippen molar-refractivity contribution >= 4 is 11.5 Å². The molecular formula is C17H16O2. The Balaban J connectivity index is 2.24. The number of benzene rings is 2. The van der Waals surface area contributed by atoms with E-state index in [0.717, 1.165) is 16.7 Å². The third-order valence-electron chi connectivity index (χ3n) is 2.98. The summed E-state index contributed by atoms with van der Waals surface area (Å²) in [5.74, 6) is -0.329. The molecule has 96 valence electrons. The van der Waals surface area contributed by atoms with Crippen molar-refractivity contribution in [3.8, 4) is 11.1 Å². The molecule has 2 nitrogen and oxygen atoms in total. The van der Waals surface area contributed by atoms with Crippen LogP contribution in [0.15, 0.2) is 60.7 Å². The minimum absolute atomic E-state index is 0.329. The SMILES string of the molecule is COC(=O)/C=C(\C)c1ccc(-c2ccccc2)cc1. The van der Waals surface area contributed by atoms with Gasteiger partial charge in [0, 0.05) is 6.08 Å². The molecule has 0 aliphatic rings. The van der Waals surface area contributed by atoms with E-state index in [1.54, 1.807) is 0 Å². The standard InChI is InChI=1S/C17H16O2/c1-13(12-17(18)19-2)14-8-10-16(11-9-14)15-6-4-3-5-7-15/h3-12H,1-2H3/b13-12+. The van der Waals surface area contributed by atoms with Gasteiger partial charge in [-0.05, 0) is 29.2 Å². The maximum Gasteiger partial charge on any atom is 0.330 e. The van der Waals surface area contributed by atoms with Gasteiger partial charge in [0.2, 0.25) is 0 Å². The van der Waals surface area contributed by atoms with Gasteiger partial charge in [0.25, 0.3) is 0 Å². The lowest BCUT2D eigenvalue weighted by Gasteiger charge is -2.05. The van der Waals surface area contributed by atoms with Crippen LogP contribution >= 0.6 is 0 Å². The van der Waals surface area contributed by atoms with Crippen LogP contribution < -0.4 is 0 Å². The predicted octanol–water partition coefficient (Wildman–Crippen LogP) is 3.93. The molecule has 0 saturated heterocycles. The first-order valence-electron chi connectivity index (χ1n) is 6.13. The molecule has 0 bridgehead atoms. The molecule has 2 aromatic rings. The molecule has 2 aromatic carbocycles. The fourth-order valence-corrected chi connectivity index (χ4v) is 1.88. The number of hydrogen-bond acceptors (Lipinski definition) is 2. The third kappa shape index (κ3) is 3.32. The number of carbonyl (C=O) groups is 1. The number of allylic oxidation sites excluding steroid dienone is 1. The van der Waals surface area contributed by atoms with Gasteiger partial charge in [-0.25, -0.2) is 4.79 Å². The van der Waals surface area contributed by atoms with Crippen LogP contribution in [0.3, 0.4) is 0 Å². The van der Waals surface area contributed by atoms with Crippen LogP contribution in [-0.2, 0) is 9.53 Å². The Labute approximate surface area is 113 Å². The van der Waals surface area contributed by atoms with Crippen LogP contribution in [0.4, 0.5) is 0 Å². The van der Waals surface area contributed by atoms with Gasteiger partial charge in [-0.3, -0.25) is 0 Å². The van der Waals surface area contributed by atoms with Gasteiger partial charge in [0.1, 0.15) is 0 Å². The van der Waals surface area contributed by atoms with Gasteiger partial charge in [-0.1, -0.05) is 54.6 Å². The molecule has 0 aromatic heterocycles. The zero-order valence-corrected chi connectivity index (χ0v) is 11.1. The summed E-state index contributed by atoms with van der Waals surface area (Å²) in [6.45, 7) is 1.90. The van der Waals surface area contributed by atoms with Crippen LogP contribution in [0.1, 0.15) is 12.5 Å². The fraction of sp³-hybridized carbons (Fsp3) is 0.118. The van der Waals surface area contributed by atoms with E-state index in [0.29, 0.717) is 0 Å². The molecule has 0 atom stereocenters. The second-order valence-corrected chi connectivity index (χ2v) is 4.29. The molecule has 19 heavy (non-hydrogen) atoms. The Hall–Kier alpha value is -2.35. The van der Waals surface area contributed by atoms with Crippen LogP contribution in [0.2, 0.25) is 0 Å². The lowest BCUT2D eigenvalue weighted by atomic mass is 10.0. The van der Waals surface area contributed by atoms with Gasteiger partial charge in [0.15, 0.2) is 0 Å². The molecule has 0 saturated carbocycles. The Bertz CT molecular complexity index is 580. The third-order valence-corrected chi connectivity index (χ3v) is 2.98. The Morgan fingerprint density at radius 3 is 2.11 bits per heavy atom. The number of hydrogen-bond donors (Lipinski definition) is 0. The van der Waals surface area contributed by atoms with E-state index >= 15 is 0 Å². The molecule has 2 heteroatoms. The first-order valence-corrected chi connectivity index (χ1v) is 6.13. The highest BCUT2D eigenvalue weighted by atomic mass is 16.5. The zero-order chi connectivity index (χ0) is 13.7. The summed E-state index contributed by atoms with van der Waals surface area (Å²) in [7, 11) is 1.38. The summed E-state index contributed by atoms with van der Waals surface area (Å²) in [4.78, 5) is 11.2. The van der Waals surface area contributed by atoms with E-state index < -0.39 is 0 Å². The first kappa shape index (κ1) is 13.1. The summed E-state index contributed by atoms with van der Waals surface area (Å²) >= 11 is 0. The Morgan fingerprint density at radius 2 is 1.53 bits per heavy atom. The summed E-state index contributed by atoms with van der Waals surface area (Å²) in [6.07, 6.45) is 1.50. The highest BCUT2D eigenvalue weighted by Gasteiger charge is 2.01. The van der Waals surface area contributed by atoms with E-state index in [9.17, 15) is 4.79 Å². The topological polar surface area (TPSA) is 26.3 Å². The summed E-state index contributed by atoms with van der Waals surface area (Å²) in [6, 6.07) is 18.3. The van der Waals surface area contributed by atoms with Crippen LogP contribution in [-0.4, -0.2) is 13.1 Å². The van der Waals surface area contributed by atoms with Gasteiger partial charge >= 0.3 is 5.97 Å². The first-order chi connectivity index (χ1) is 9.20. The summed E-state index contributed by atoms with van der Waals surface area (Å²) < 4.78 is 4.62. The largest absolute Gasteiger partial charge is 0.466 e. The van der Waals surface area contributed by atoms with E-state index in [-0.39, 0.29) is 5.97 Å². The molecule has 0 aliphatic heterocycles. The molecule has 0 fully saturated rings. The van der Waals surface area contributed by atoms with Crippen molar-refractivity contribution < 1.29 is 9.53 Å². The van der Waals surface area contributed by atoms with Gasteiger partial charge < -0.3 is 4.74 Å². The van der Waals surface area contributed by atoms with Crippen molar-refractivity contribution in [3.05, 3.63) is 66.2 Å². The quantitative estimate of drug-likeness (QED) is 0.611. The lowest BCUT2D eigenvalue weighted by molar-refractivity contribution is -0.134. The summed E-state index contributed by atoms with van der Waals surface area (Å²) in [5, 5.41) is 0. The number of rotatable bonds is 3. The lowest BCUT2D eigenvalue weighted by Crippen LogP contribution is -1.95. The monoisotopic (exact) mass is 252 g/mol. The molecule has 0 aliphatic carbocycles. The number of ether oxygens (including phenoxy) is 1. The average molecular weight is 252 g/mol. The molecule has 2 rings (SSSR count). The van der Waals surface area contributed by atoms with Crippen LogP contribution in [0.25, 0.3) is 16.7 Å². The second kappa shape index (κ2) is 6.01. The van der Waals surface area contributed by atoms with Crippen molar-refractivity contribution in [2.24, 2.45) is 0 Å². The molecule has 0 amide bonds. The maximum atomic E-state index is 11.2. The smallest absolute Gasteiger partial charge is 0.330 e. The minimum Gasteiger partial charge on any atom is -0.466 e. The predicted molar refractivity (Wildman–Crippen MR) is 77.5 cm³/mol. The highest BCUT2D eigenvalue weighted by Crippen LogP contribution is 2.22. The fourth-order valence-electron chi connectivity index (χ4n) is 1.88. The van der Waals surface area contributed by atoms with Crippen molar-refractivity contribution in [2.45, 2.75) is 6.92 Å². The van der Waals surface area contributed by atoms with Gasteiger partial charge in [-0.2, -0.15) is 0 Å². The normalized spacial score (nSPS) is 11.2. The van der Waals surface area contributed by atoms with Gasteiger partial charge in [-0.15, -0.1) is 0 Å². The van der Waals surface area contributed by atoms with Crippen molar-refractivity contribution in [1.29, 1.82) is 0 Å².